The summed E-state index contributed by atoms with van der Waals surface area (Å²) < 4.78 is 41.0. The van der Waals surface area contributed by atoms with Gasteiger partial charge < -0.3 is 10.4 Å². The van der Waals surface area contributed by atoms with E-state index in [1.807, 2.05) is 6.07 Å². The Hall–Kier alpha value is -2.79. The van der Waals surface area contributed by atoms with Crippen LogP contribution >= 0.6 is 0 Å². The molecule has 0 amide bonds. The van der Waals surface area contributed by atoms with Crippen LogP contribution in [0.3, 0.4) is 0 Å². The van der Waals surface area contributed by atoms with Gasteiger partial charge in [0.1, 0.15) is 0 Å². The van der Waals surface area contributed by atoms with Crippen molar-refractivity contribution in [2.75, 3.05) is 18.5 Å². The molecule has 0 aromatic heterocycles. The molecule has 0 saturated heterocycles. The van der Waals surface area contributed by atoms with E-state index in [2.05, 4.69) is 11.4 Å². The zero-order chi connectivity index (χ0) is 18.6. The fraction of sp³-hybridized carbons (Fsp3) is 0.143. The average molecular weight is 356 g/mol. The van der Waals surface area contributed by atoms with Gasteiger partial charge in [-0.1, -0.05) is 48.5 Å². The molecule has 0 spiro atoms. The van der Waals surface area contributed by atoms with E-state index >= 15 is 0 Å². The minimum absolute atomic E-state index is 0.0620. The summed E-state index contributed by atoms with van der Waals surface area (Å²) in [4.78, 5) is 0. The number of rotatable bonds is 5. The lowest BCUT2D eigenvalue weighted by molar-refractivity contribution is -0.137. The van der Waals surface area contributed by atoms with Crippen LogP contribution in [0.1, 0.15) is 5.56 Å². The SMILES string of the molecule is OCCNc1cc[c]c(-c2ccc(-c3ccccc3)cc2C(F)(F)F)c1. The van der Waals surface area contributed by atoms with Crippen molar-refractivity contribution in [2.45, 2.75) is 6.18 Å². The molecule has 2 nitrogen and oxygen atoms in total. The first-order valence-corrected chi connectivity index (χ1v) is 8.12. The third-order valence-corrected chi connectivity index (χ3v) is 3.96. The maximum atomic E-state index is 13.7. The van der Waals surface area contributed by atoms with Crippen molar-refractivity contribution in [3.8, 4) is 22.3 Å². The number of aliphatic hydroxyl groups excluding tert-OH is 1. The van der Waals surface area contributed by atoms with Gasteiger partial charge in [0.15, 0.2) is 0 Å². The van der Waals surface area contributed by atoms with Crippen LogP contribution in [0.2, 0.25) is 0 Å². The molecular weight excluding hydrogens is 339 g/mol. The molecule has 0 bridgehead atoms. The van der Waals surface area contributed by atoms with Gasteiger partial charge in [-0.2, -0.15) is 13.2 Å². The van der Waals surface area contributed by atoms with Crippen molar-refractivity contribution in [1.82, 2.24) is 0 Å². The number of benzene rings is 3. The molecular formula is C21H17F3NO. The number of aliphatic hydroxyl groups is 1. The highest BCUT2D eigenvalue weighted by Crippen LogP contribution is 2.39. The van der Waals surface area contributed by atoms with Gasteiger partial charge in [-0.15, -0.1) is 0 Å². The minimum atomic E-state index is -4.48. The minimum Gasteiger partial charge on any atom is -0.395 e. The number of hydrogen-bond donors (Lipinski definition) is 2. The molecule has 3 rings (SSSR count). The summed E-state index contributed by atoms with van der Waals surface area (Å²) >= 11 is 0. The van der Waals surface area contributed by atoms with E-state index in [-0.39, 0.29) is 12.2 Å². The molecule has 0 saturated carbocycles. The number of hydrogen-bond acceptors (Lipinski definition) is 2. The first kappa shape index (κ1) is 18.0. The van der Waals surface area contributed by atoms with E-state index in [4.69, 9.17) is 5.11 Å². The lowest BCUT2D eigenvalue weighted by Crippen LogP contribution is -2.08. The van der Waals surface area contributed by atoms with Gasteiger partial charge in [0.25, 0.3) is 0 Å². The normalized spacial score (nSPS) is 11.4. The Labute approximate surface area is 149 Å². The maximum Gasteiger partial charge on any atom is 0.417 e. The molecule has 0 fully saturated rings. The molecule has 5 heteroatoms. The Kier molecular flexibility index (Phi) is 5.28. The van der Waals surface area contributed by atoms with Gasteiger partial charge >= 0.3 is 6.18 Å². The van der Waals surface area contributed by atoms with E-state index in [1.54, 1.807) is 48.5 Å². The highest BCUT2D eigenvalue weighted by Gasteiger charge is 2.34. The van der Waals surface area contributed by atoms with E-state index in [9.17, 15) is 13.2 Å². The van der Waals surface area contributed by atoms with E-state index in [0.29, 0.717) is 23.4 Å². The Balaban J connectivity index is 2.07. The molecule has 0 heterocycles. The lowest BCUT2D eigenvalue weighted by atomic mass is 9.94. The van der Waals surface area contributed by atoms with Crippen LogP contribution < -0.4 is 5.32 Å². The first-order chi connectivity index (χ1) is 12.5. The fourth-order valence-corrected chi connectivity index (χ4v) is 2.76. The average Bonchev–Trinajstić information content (AvgIpc) is 2.66. The Bertz CT molecular complexity index is 876. The van der Waals surface area contributed by atoms with Gasteiger partial charge in [-0.3, -0.25) is 0 Å². The van der Waals surface area contributed by atoms with Gasteiger partial charge in [-0.05, 0) is 46.5 Å². The summed E-state index contributed by atoms with van der Waals surface area (Å²) in [6.45, 7) is 0.260. The predicted molar refractivity (Wildman–Crippen MR) is 96.7 cm³/mol. The molecule has 133 valence electrons. The number of halogens is 3. The Morgan fingerprint density at radius 1 is 0.923 bits per heavy atom. The van der Waals surface area contributed by atoms with E-state index in [0.717, 1.165) is 5.56 Å². The molecule has 0 aliphatic carbocycles. The second-order valence-corrected chi connectivity index (χ2v) is 5.77. The molecule has 1 radical (unpaired) electrons. The van der Waals surface area contributed by atoms with Crippen LogP contribution in [0.4, 0.5) is 18.9 Å². The second kappa shape index (κ2) is 7.62. The lowest BCUT2D eigenvalue weighted by Gasteiger charge is -2.16. The van der Waals surface area contributed by atoms with Crippen LogP contribution in [0, 0.1) is 6.07 Å². The fourth-order valence-electron chi connectivity index (χ4n) is 2.76. The van der Waals surface area contributed by atoms with Crippen molar-refractivity contribution in [2.24, 2.45) is 0 Å². The predicted octanol–water partition coefficient (Wildman–Crippen LogP) is 5.24. The summed E-state index contributed by atoms with van der Waals surface area (Å²) in [5.74, 6) is 0. The second-order valence-electron chi connectivity index (χ2n) is 5.77. The summed E-state index contributed by atoms with van der Waals surface area (Å²) in [6, 6.07) is 21.0. The van der Waals surface area contributed by atoms with Crippen molar-refractivity contribution < 1.29 is 18.3 Å². The highest BCUT2D eigenvalue weighted by atomic mass is 19.4. The van der Waals surface area contributed by atoms with Crippen molar-refractivity contribution >= 4 is 5.69 Å². The van der Waals surface area contributed by atoms with E-state index < -0.39 is 11.7 Å². The number of nitrogens with one attached hydrogen (secondary N) is 1. The number of anilines is 1. The molecule has 0 aliphatic rings. The number of alkyl halides is 3. The van der Waals surface area contributed by atoms with Gasteiger partial charge in [0.2, 0.25) is 0 Å². The molecule has 3 aromatic carbocycles. The molecule has 0 aliphatic heterocycles. The van der Waals surface area contributed by atoms with Crippen molar-refractivity contribution in [1.29, 1.82) is 0 Å². The Morgan fingerprint density at radius 2 is 1.69 bits per heavy atom. The van der Waals surface area contributed by atoms with Crippen LogP contribution in [-0.2, 0) is 6.18 Å². The van der Waals surface area contributed by atoms with E-state index in [1.165, 1.54) is 12.1 Å². The van der Waals surface area contributed by atoms with Crippen molar-refractivity contribution in [3.63, 3.8) is 0 Å². The zero-order valence-electron chi connectivity index (χ0n) is 13.8. The Morgan fingerprint density at radius 3 is 2.38 bits per heavy atom. The molecule has 0 unspecified atom stereocenters. The monoisotopic (exact) mass is 356 g/mol. The third kappa shape index (κ3) is 4.06. The maximum absolute atomic E-state index is 13.7. The van der Waals surface area contributed by atoms with Gasteiger partial charge in [0.05, 0.1) is 12.2 Å². The summed E-state index contributed by atoms with van der Waals surface area (Å²) in [5, 5.41) is 11.8. The summed E-state index contributed by atoms with van der Waals surface area (Å²) in [6.07, 6.45) is -4.48. The van der Waals surface area contributed by atoms with Gasteiger partial charge in [-0.25, -0.2) is 0 Å². The van der Waals surface area contributed by atoms with Crippen LogP contribution in [0.5, 0.6) is 0 Å². The molecule has 2 N–H and O–H groups in total. The quantitative estimate of drug-likeness (QED) is 0.655. The van der Waals surface area contributed by atoms with Crippen LogP contribution in [0.15, 0.2) is 66.7 Å². The summed E-state index contributed by atoms with van der Waals surface area (Å²) in [5.41, 5.74) is 1.59. The van der Waals surface area contributed by atoms with Crippen molar-refractivity contribution in [3.05, 3.63) is 78.4 Å². The van der Waals surface area contributed by atoms with Gasteiger partial charge in [0, 0.05) is 12.2 Å². The molecule has 26 heavy (non-hydrogen) atoms. The third-order valence-electron chi connectivity index (χ3n) is 3.96. The topological polar surface area (TPSA) is 32.3 Å². The molecule has 0 atom stereocenters. The standard InChI is InChI=1S/C21H17F3NO/c22-21(23,24)20-14-16(15-5-2-1-3-6-15)9-10-19(20)17-7-4-8-18(13-17)25-11-12-26/h1-6,8-10,13-14,25-26H,11-12H2. The summed E-state index contributed by atoms with van der Waals surface area (Å²) in [7, 11) is 0. The van der Waals surface area contributed by atoms with Crippen LogP contribution in [0.25, 0.3) is 22.3 Å². The zero-order valence-corrected chi connectivity index (χ0v) is 13.8. The smallest absolute Gasteiger partial charge is 0.395 e. The first-order valence-electron chi connectivity index (χ1n) is 8.12. The van der Waals surface area contributed by atoms with Crippen LogP contribution in [-0.4, -0.2) is 18.3 Å². The largest absolute Gasteiger partial charge is 0.417 e. The molecule has 3 aromatic rings. The highest BCUT2D eigenvalue weighted by molar-refractivity contribution is 5.75.